The van der Waals surface area contributed by atoms with E-state index in [1.54, 1.807) is 11.2 Å². The normalized spacial score (nSPS) is 26.8. The van der Waals surface area contributed by atoms with Gasteiger partial charge >= 0.3 is 0 Å². The summed E-state index contributed by atoms with van der Waals surface area (Å²) in [5.74, 6) is -0.304. The molecule has 7 heteroatoms. The number of nitrogens with zero attached hydrogens (tertiary/aromatic N) is 1. The van der Waals surface area contributed by atoms with Gasteiger partial charge in [0, 0.05) is 19.1 Å². The minimum absolute atomic E-state index is 0.185. The average Bonchev–Trinajstić information content (AvgIpc) is 2.42. The zero-order chi connectivity index (χ0) is 14.8. The number of sulfonamides is 1. The van der Waals surface area contributed by atoms with E-state index in [2.05, 4.69) is 5.32 Å². The molecule has 2 aliphatic rings. The first-order valence-corrected chi connectivity index (χ1v) is 8.95. The van der Waals surface area contributed by atoms with Crippen LogP contribution in [0.3, 0.4) is 0 Å². The summed E-state index contributed by atoms with van der Waals surface area (Å²) in [5, 5.41) is 3.51. The Balaban J connectivity index is 1.75. The van der Waals surface area contributed by atoms with Crippen LogP contribution in [-0.4, -0.2) is 62.6 Å². The Labute approximate surface area is 121 Å². The van der Waals surface area contributed by atoms with Crippen molar-refractivity contribution in [1.29, 1.82) is 0 Å². The summed E-state index contributed by atoms with van der Waals surface area (Å²) < 4.78 is 36.4. The van der Waals surface area contributed by atoms with E-state index in [1.807, 2.05) is 13.8 Å². The molecule has 2 aliphatic heterocycles. The van der Waals surface area contributed by atoms with Crippen LogP contribution in [0.5, 0.6) is 0 Å². The molecular weight excluding hydrogens is 280 g/mol. The number of rotatable bonds is 4. The van der Waals surface area contributed by atoms with Crippen LogP contribution < -0.4 is 5.32 Å². The molecule has 0 unspecified atom stereocenters. The molecule has 2 rings (SSSR count). The fraction of sp³-hybridized carbons (Fsp3) is 1.00. The summed E-state index contributed by atoms with van der Waals surface area (Å²) >= 11 is 0. The van der Waals surface area contributed by atoms with Gasteiger partial charge in [0.25, 0.3) is 0 Å². The van der Waals surface area contributed by atoms with E-state index < -0.39 is 15.8 Å². The van der Waals surface area contributed by atoms with Gasteiger partial charge in [-0.3, -0.25) is 0 Å². The van der Waals surface area contributed by atoms with Crippen LogP contribution in [0, 0.1) is 0 Å². The van der Waals surface area contributed by atoms with Crippen molar-refractivity contribution in [3.63, 3.8) is 0 Å². The van der Waals surface area contributed by atoms with E-state index >= 15 is 0 Å². The van der Waals surface area contributed by atoms with Crippen molar-refractivity contribution in [1.82, 2.24) is 9.62 Å². The predicted molar refractivity (Wildman–Crippen MR) is 77.0 cm³/mol. The van der Waals surface area contributed by atoms with Gasteiger partial charge < -0.3 is 14.8 Å². The minimum Gasteiger partial charge on any atom is -0.349 e. The third-order valence-electron chi connectivity index (χ3n) is 3.95. The lowest BCUT2D eigenvalue weighted by molar-refractivity contribution is -0.253. The number of ether oxygens (including phenoxy) is 2. The highest BCUT2D eigenvalue weighted by Crippen LogP contribution is 2.19. The van der Waals surface area contributed by atoms with Gasteiger partial charge in [0.1, 0.15) is 0 Å². The standard InChI is InChI=1S/C13H26N2O4S/c1-4-20(16,17)15-7-5-11(6-8-15)14-12-9-18-13(2,3)19-10-12/h11-12,14H,4-10H2,1-3H3. The van der Waals surface area contributed by atoms with Crippen molar-refractivity contribution in [2.75, 3.05) is 32.1 Å². The smallest absolute Gasteiger partial charge is 0.213 e. The van der Waals surface area contributed by atoms with Crippen molar-refractivity contribution in [2.24, 2.45) is 0 Å². The van der Waals surface area contributed by atoms with Crippen LogP contribution in [0.15, 0.2) is 0 Å². The van der Waals surface area contributed by atoms with Gasteiger partial charge in [-0.25, -0.2) is 12.7 Å². The summed E-state index contributed by atoms with van der Waals surface area (Å²) in [4.78, 5) is 0. The molecule has 2 fully saturated rings. The lowest BCUT2D eigenvalue weighted by atomic mass is 10.1. The number of piperidine rings is 1. The zero-order valence-corrected chi connectivity index (χ0v) is 13.4. The molecule has 2 saturated heterocycles. The van der Waals surface area contributed by atoms with E-state index in [0.29, 0.717) is 32.3 Å². The second-order valence-electron chi connectivity index (χ2n) is 5.96. The first-order valence-electron chi connectivity index (χ1n) is 7.34. The molecule has 0 radical (unpaired) electrons. The predicted octanol–water partition coefficient (Wildman–Crippen LogP) is 0.542. The first kappa shape index (κ1) is 16.2. The monoisotopic (exact) mass is 306 g/mol. The molecule has 0 amide bonds. The highest BCUT2D eigenvalue weighted by Gasteiger charge is 2.31. The van der Waals surface area contributed by atoms with Crippen molar-refractivity contribution in [3.8, 4) is 0 Å². The molecule has 0 saturated carbocycles. The van der Waals surface area contributed by atoms with Gasteiger partial charge in [0.05, 0.1) is 25.0 Å². The molecular formula is C13H26N2O4S. The number of nitrogens with one attached hydrogen (secondary N) is 1. The van der Waals surface area contributed by atoms with E-state index in [9.17, 15) is 8.42 Å². The van der Waals surface area contributed by atoms with Crippen LogP contribution >= 0.6 is 0 Å². The molecule has 0 aromatic carbocycles. The Hall–Kier alpha value is -0.210. The Morgan fingerprint density at radius 2 is 1.70 bits per heavy atom. The lowest BCUT2D eigenvalue weighted by Crippen LogP contribution is -2.54. The van der Waals surface area contributed by atoms with Gasteiger partial charge in [-0.05, 0) is 33.6 Å². The summed E-state index contributed by atoms with van der Waals surface area (Å²) in [6, 6.07) is 0.541. The van der Waals surface area contributed by atoms with Crippen molar-refractivity contribution in [2.45, 2.75) is 51.5 Å². The second kappa shape index (κ2) is 6.27. The highest BCUT2D eigenvalue weighted by molar-refractivity contribution is 7.89. The Morgan fingerprint density at radius 1 is 1.15 bits per heavy atom. The topological polar surface area (TPSA) is 67.9 Å². The lowest BCUT2D eigenvalue weighted by Gasteiger charge is -2.38. The van der Waals surface area contributed by atoms with E-state index in [4.69, 9.17) is 9.47 Å². The molecule has 0 aromatic rings. The summed E-state index contributed by atoms with van der Waals surface area (Å²) in [7, 11) is -3.04. The van der Waals surface area contributed by atoms with E-state index in [0.717, 1.165) is 12.8 Å². The maximum Gasteiger partial charge on any atom is 0.213 e. The molecule has 118 valence electrons. The maximum absolute atomic E-state index is 11.8. The van der Waals surface area contributed by atoms with Crippen molar-refractivity contribution < 1.29 is 17.9 Å². The number of hydrogen-bond acceptors (Lipinski definition) is 5. The van der Waals surface area contributed by atoms with Gasteiger partial charge in [-0.15, -0.1) is 0 Å². The van der Waals surface area contributed by atoms with Crippen molar-refractivity contribution in [3.05, 3.63) is 0 Å². The van der Waals surface area contributed by atoms with Crippen LogP contribution in [0.4, 0.5) is 0 Å². The first-order chi connectivity index (χ1) is 9.32. The minimum atomic E-state index is -3.04. The molecule has 1 N–H and O–H groups in total. The molecule has 0 spiro atoms. The SMILES string of the molecule is CCS(=O)(=O)N1CCC(NC2COC(C)(C)OC2)CC1. The van der Waals surface area contributed by atoms with E-state index in [1.165, 1.54) is 0 Å². The number of hydrogen-bond donors (Lipinski definition) is 1. The second-order valence-corrected chi connectivity index (χ2v) is 8.22. The van der Waals surface area contributed by atoms with Gasteiger partial charge in [0.2, 0.25) is 10.0 Å². The summed E-state index contributed by atoms with van der Waals surface area (Å²) in [6.07, 6.45) is 1.69. The van der Waals surface area contributed by atoms with Gasteiger partial charge in [-0.2, -0.15) is 0 Å². The molecule has 0 bridgehead atoms. The Bertz CT molecular complexity index is 406. The Morgan fingerprint density at radius 3 is 2.20 bits per heavy atom. The molecule has 0 aliphatic carbocycles. The van der Waals surface area contributed by atoms with Crippen LogP contribution in [0.25, 0.3) is 0 Å². The van der Waals surface area contributed by atoms with Gasteiger partial charge in [0.15, 0.2) is 5.79 Å². The zero-order valence-electron chi connectivity index (χ0n) is 12.6. The largest absolute Gasteiger partial charge is 0.349 e. The maximum atomic E-state index is 11.8. The van der Waals surface area contributed by atoms with Crippen LogP contribution in [-0.2, 0) is 19.5 Å². The summed E-state index contributed by atoms with van der Waals surface area (Å²) in [6.45, 7) is 8.01. The van der Waals surface area contributed by atoms with Crippen molar-refractivity contribution >= 4 is 10.0 Å². The molecule has 0 atom stereocenters. The molecule has 20 heavy (non-hydrogen) atoms. The third kappa shape index (κ3) is 4.14. The van der Waals surface area contributed by atoms with E-state index in [-0.39, 0.29) is 11.8 Å². The fourth-order valence-corrected chi connectivity index (χ4v) is 3.74. The molecule has 0 aromatic heterocycles. The Kier molecular flexibility index (Phi) is 5.07. The van der Waals surface area contributed by atoms with Crippen LogP contribution in [0.2, 0.25) is 0 Å². The van der Waals surface area contributed by atoms with Gasteiger partial charge in [-0.1, -0.05) is 0 Å². The highest BCUT2D eigenvalue weighted by atomic mass is 32.2. The third-order valence-corrected chi connectivity index (χ3v) is 5.83. The fourth-order valence-electron chi connectivity index (χ4n) is 2.61. The summed E-state index contributed by atoms with van der Waals surface area (Å²) in [5.41, 5.74) is 0. The quantitative estimate of drug-likeness (QED) is 0.821. The average molecular weight is 306 g/mol. The van der Waals surface area contributed by atoms with Crippen LogP contribution in [0.1, 0.15) is 33.6 Å². The molecule has 2 heterocycles. The molecule has 6 nitrogen and oxygen atoms in total.